The number of hydrogen-bond donors (Lipinski definition) is 2. The molecule has 5 heteroatoms. The molecule has 0 atom stereocenters. The lowest BCUT2D eigenvalue weighted by Gasteiger charge is -1.95. The maximum atomic E-state index is 10.0. The average Bonchev–Trinajstić information content (AvgIpc) is 1.87. The SMILES string of the molecule is NOCCOC=CC(N)=O. The van der Waals surface area contributed by atoms with Crippen LogP contribution in [0.4, 0.5) is 0 Å². The third-order valence-corrected chi connectivity index (χ3v) is 0.648. The van der Waals surface area contributed by atoms with E-state index in [0.29, 0.717) is 6.61 Å². The molecule has 0 aliphatic heterocycles. The summed E-state index contributed by atoms with van der Waals surface area (Å²) in [5.41, 5.74) is 4.75. The summed E-state index contributed by atoms with van der Waals surface area (Å²) in [6.45, 7) is 0.587. The molecule has 0 saturated heterocycles. The molecule has 0 aromatic heterocycles. The van der Waals surface area contributed by atoms with Crippen LogP contribution < -0.4 is 11.6 Å². The number of nitrogens with two attached hydrogens (primary N) is 2. The molecule has 0 fully saturated rings. The Morgan fingerprint density at radius 1 is 1.50 bits per heavy atom. The highest BCUT2D eigenvalue weighted by molar-refractivity contribution is 5.85. The molecule has 10 heavy (non-hydrogen) atoms. The van der Waals surface area contributed by atoms with Gasteiger partial charge in [-0.25, -0.2) is 5.90 Å². The van der Waals surface area contributed by atoms with Crippen molar-refractivity contribution < 1.29 is 14.4 Å². The van der Waals surface area contributed by atoms with Crippen LogP contribution in [-0.2, 0) is 14.4 Å². The number of amides is 1. The Labute approximate surface area is 58.5 Å². The van der Waals surface area contributed by atoms with Gasteiger partial charge in [0, 0.05) is 6.08 Å². The largest absolute Gasteiger partial charge is 0.499 e. The first kappa shape index (κ1) is 8.93. The van der Waals surface area contributed by atoms with E-state index in [-0.39, 0.29) is 6.61 Å². The molecule has 0 rings (SSSR count). The first-order chi connectivity index (χ1) is 4.77. The van der Waals surface area contributed by atoms with Crippen LogP contribution in [0, 0.1) is 0 Å². The van der Waals surface area contributed by atoms with E-state index >= 15 is 0 Å². The van der Waals surface area contributed by atoms with E-state index in [4.69, 9.17) is 10.5 Å². The van der Waals surface area contributed by atoms with Crippen molar-refractivity contribution in [1.29, 1.82) is 0 Å². The molecule has 0 radical (unpaired) electrons. The van der Waals surface area contributed by atoms with Gasteiger partial charge in [0.25, 0.3) is 0 Å². The molecule has 0 aliphatic carbocycles. The average molecular weight is 146 g/mol. The van der Waals surface area contributed by atoms with Crippen molar-refractivity contribution in [1.82, 2.24) is 0 Å². The lowest BCUT2D eigenvalue weighted by molar-refractivity contribution is -0.113. The molecule has 0 saturated carbocycles. The Balaban J connectivity index is 3.10. The highest BCUT2D eigenvalue weighted by Crippen LogP contribution is 1.76. The number of carbonyl (C=O) groups excluding carboxylic acids is 1. The topological polar surface area (TPSA) is 87.6 Å². The second-order valence-electron chi connectivity index (χ2n) is 1.45. The molecular weight excluding hydrogens is 136 g/mol. The van der Waals surface area contributed by atoms with Crippen molar-refractivity contribution in [3.63, 3.8) is 0 Å². The molecule has 0 aromatic carbocycles. The van der Waals surface area contributed by atoms with Crippen LogP contribution >= 0.6 is 0 Å². The smallest absolute Gasteiger partial charge is 0.244 e. The van der Waals surface area contributed by atoms with Crippen LogP contribution in [0.25, 0.3) is 0 Å². The summed E-state index contributed by atoms with van der Waals surface area (Å²) in [6, 6.07) is 0. The molecule has 0 aromatic rings. The first-order valence-corrected chi connectivity index (χ1v) is 2.66. The van der Waals surface area contributed by atoms with Gasteiger partial charge in [0.05, 0.1) is 6.26 Å². The lowest BCUT2D eigenvalue weighted by atomic mass is 10.6. The summed E-state index contributed by atoms with van der Waals surface area (Å²) >= 11 is 0. The van der Waals surface area contributed by atoms with Crippen LogP contribution in [0.1, 0.15) is 0 Å². The Kier molecular flexibility index (Phi) is 5.41. The molecule has 5 nitrogen and oxygen atoms in total. The van der Waals surface area contributed by atoms with Gasteiger partial charge in [-0.15, -0.1) is 0 Å². The van der Waals surface area contributed by atoms with E-state index in [1.807, 2.05) is 0 Å². The number of rotatable bonds is 5. The van der Waals surface area contributed by atoms with Crippen molar-refractivity contribution in [2.24, 2.45) is 11.6 Å². The molecule has 0 spiro atoms. The molecule has 0 heterocycles. The van der Waals surface area contributed by atoms with Crippen molar-refractivity contribution >= 4 is 5.91 Å². The van der Waals surface area contributed by atoms with E-state index in [0.717, 1.165) is 6.08 Å². The summed E-state index contributed by atoms with van der Waals surface area (Å²) in [6.07, 6.45) is 2.30. The van der Waals surface area contributed by atoms with E-state index in [1.54, 1.807) is 0 Å². The lowest BCUT2D eigenvalue weighted by Crippen LogP contribution is -2.08. The zero-order chi connectivity index (χ0) is 7.82. The van der Waals surface area contributed by atoms with Crippen molar-refractivity contribution in [2.75, 3.05) is 13.2 Å². The summed E-state index contributed by atoms with van der Waals surface area (Å²) in [5.74, 6) is 4.13. The fourth-order valence-corrected chi connectivity index (χ4v) is 0.279. The van der Waals surface area contributed by atoms with Gasteiger partial charge in [-0.1, -0.05) is 0 Å². The van der Waals surface area contributed by atoms with Gasteiger partial charge in [0.1, 0.15) is 13.2 Å². The first-order valence-electron chi connectivity index (χ1n) is 2.66. The third kappa shape index (κ3) is 6.93. The monoisotopic (exact) mass is 146 g/mol. The van der Waals surface area contributed by atoms with E-state index in [2.05, 4.69) is 10.7 Å². The number of ether oxygens (including phenoxy) is 1. The summed E-state index contributed by atoms with van der Waals surface area (Å²) in [4.78, 5) is 14.2. The van der Waals surface area contributed by atoms with Gasteiger partial charge in [-0.2, -0.15) is 0 Å². The quantitative estimate of drug-likeness (QED) is 0.223. The van der Waals surface area contributed by atoms with Gasteiger partial charge < -0.3 is 15.3 Å². The van der Waals surface area contributed by atoms with Crippen LogP contribution in [0.3, 0.4) is 0 Å². The predicted molar refractivity (Wildman–Crippen MR) is 34.4 cm³/mol. The maximum absolute atomic E-state index is 10.0. The third-order valence-electron chi connectivity index (χ3n) is 0.648. The van der Waals surface area contributed by atoms with Crippen molar-refractivity contribution in [3.05, 3.63) is 12.3 Å². The zero-order valence-electron chi connectivity index (χ0n) is 5.45. The number of primary amides is 1. The minimum Gasteiger partial charge on any atom is -0.499 e. The minimum atomic E-state index is -0.548. The Morgan fingerprint density at radius 2 is 2.20 bits per heavy atom. The molecular formula is C5H10N2O3. The summed E-state index contributed by atoms with van der Waals surface area (Å²) in [5, 5.41) is 0. The summed E-state index contributed by atoms with van der Waals surface area (Å²) < 4.78 is 4.70. The predicted octanol–water partition coefficient (Wildman–Crippen LogP) is -1.11. The standard InChI is InChI=1S/C5H10N2O3/c6-5(8)1-2-9-3-4-10-7/h1-2H,3-4,7H2,(H2,6,8). The van der Waals surface area contributed by atoms with E-state index < -0.39 is 5.91 Å². The van der Waals surface area contributed by atoms with Crippen LogP contribution in [-0.4, -0.2) is 19.1 Å². The normalized spacial score (nSPS) is 10.1. The van der Waals surface area contributed by atoms with Gasteiger partial charge in [0.2, 0.25) is 5.91 Å². The molecule has 0 aliphatic rings. The minimum absolute atomic E-state index is 0.281. The molecule has 0 unspecified atom stereocenters. The number of carbonyl (C=O) groups is 1. The molecule has 1 amide bonds. The zero-order valence-corrected chi connectivity index (χ0v) is 5.45. The second-order valence-corrected chi connectivity index (χ2v) is 1.45. The summed E-state index contributed by atoms with van der Waals surface area (Å²) in [7, 11) is 0. The highest BCUT2D eigenvalue weighted by Gasteiger charge is 1.82. The number of hydrogen-bond acceptors (Lipinski definition) is 4. The fourth-order valence-electron chi connectivity index (χ4n) is 0.279. The van der Waals surface area contributed by atoms with Crippen molar-refractivity contribution in [2.45, 2.75) is 0 Å². The van der Waals surface area contributed by atoms with Crippen LogP contribution in [0.5, 0.6) is 0 Å². The maximum Gasteiger partial charge on any atom is 0.244 e. The second kappa shape index (κ2) is 6.06. The van der Waals surface area contributed by atoms with Crippen LogP contribution in [0.15, 0.2) is 12.3 Å². The Bertz CT molecular complexity index is 124. The van der Waals surface area contributed by atoms with Gasteiger partial charge >= 0.3 is 0 Å². The Morgan fingerprint density at radius 3 is 2.70 bits per heavy atom. The molecule has 4 N–H and O–H groups in total. The van der Waals surface area contributed by atoms with Gasteiger partial charge in [-0.3, -0.25) is 4.79 Å². The Hall–Kier alpha value is -1.07. The van der Waals surface area contributed by atoms with Crippen molar-refractivity contribution in [3.8, 4) is 0 Å². The van der Waals surface area contributed by atoms with Gasteiger partial charge in [-0.05, 0) is 0 Å². The van der Waals surface area contributed by atoms with E-state index in [1.165, 1.54) is 6.26 Å². The van der Waals surface area contributed by atoms with E-state index in [9.17, 15) is 4.79 Å². The fraction of sp³-hybridized carbons (Fsp3) is 0.400. The van der Waals surface area contributed by atoms with Crippen LogP contribution in [0.2, 0.25) is 0 Å². The molecule has 0 bridgehead atoms. The highest BCUT2D eigenvalue weighted by atomic mass is 16.6. The molecule has 58 valence electrons. The van der Waals surface area contributed by atoms with Gasteiger partial charge in [0.15, 0.2) is 0 Å².